The number of nitrogens with two attached hydrogens (primary N) is 1. The van der Waals surface area contributed by atoms with Gasteiger partial charge >= 0.3 is 0 Å². The first-order valence-corrected chi connectivity index (χ1v) is 9.56. The van der Waals surface area contributed by atoms with Crippen LogP contribution in [0.2, 0.25) is 0 Å². The van der Waals surface area contributed by atoms with E-state index in [-0.39, 0.29) is 0 Å². The highest BCUT2D eigenvalue weighted by Gasteiger charge is 2.33. The van der Waals surface area contributed by atoms with E-state index >= 15 is 0 Å². The van der Waals surface area contributed by atoms with Crippen molar-refractivity contribution in [3.05, 3.63) is 59.3 Å². The van der Waals surface area contributed by atoms with Crippen molar-refractivity contribution in [3.63, 3.8) is 0 Å². The van der Waals surface area contributed by atoms with E-state index in [1.807, 2.05) is 36.4 Å². The lowest BCUT2D eigenvalue weighted by molar-refractivity contribution is -0.115. The molecule has 4 rings (SSSR count). The Morgan fingerprint density at radius 2 is 1.61 bits per heavy atom. The molecule has 1 atom stereocenters. The topological polar surface area (TPSA) is 114 Å². The van der Waals surface area contributed by atoms with Gasteiger partial charge in [0.1, 0.15) is 23.3 Å². The average molecular weight is 421 g/mol. The van der Waals surface area contributed by atoms with Gasteiger partial charge in [-0.25, -0.2) is 4.68 Å². The van der Waals surface area contributed by atoms with E-state index in [0.717, 1.165) is 5.56 Å². The molecule has 0 fully saturated rings. The lowest BCUT2D eigenvalue weighted by atomic mass is 9.95. The Morgan fingerprint density at radius 3 is 2.16 bits per heavy atom. The fourth-order valence-corrected chi connectivity index (χ4v) is 3.62. The molecule has 2 heterocycles. The number of amides is 1. The first-order valence-electron chi connectivity index (χ1n) is 9.56. The van der Waals surface area contributed by atoms with Gasteiger partial charge in [-0.1, -0.05) is 12.1 Å². The molecule has 0 radical (unpaired) electrons. The Hall–Kier alpha value is -4.01. The maximum absolute atomic E-state index is 12.3. The molecule has 0 bridgehead atoms. The Labute approximate surface area is 179 Å². The minimum absolute atomic E-state index is 0.414. The first-order chi connectivity index (χ1) is 14.9. The van der Waals surface area contributed by atoms with Gasteiger partial charge in [-0.3, -0.25) is 4.79 Å². The summed E-state index contributed by atoms with van der Waals surface area (Å²) in [4.78, 5) is 17.0. The Balaban J connectivity index is 1.85. The molecule has 3 N–H and O–H groups in total. The van der Waals surface area contributed by atoms with E-state index in [9.17, 15) is 4.79 Å². The van der Waals surface area contributed by atoms with E-state index in [0.29, 0.717) is 45.9 Å². The van der Waals surface area contributed by atoms with Crippen LogP contribution >= 0.6 is 0 Å². The molecule has 1 aromatic heterocycles. The van der Waals surface area contributed by atoms with Gasteiger partial charge in [0, 0.05) is 17.3 Å². The molecular weight excluding hydrogens is 398 g/mol. The molecule has 1 aliphatic heterocycles. The molecule has 2 aromatic carbocycles. The number of hydrogen-bond acceptors (Lipinski definition) is 7. The highest BCUT2D eigenvalue weighted by Crippen LogP contribution is 2.37. The third-order valence-corrected chi connectivity index (χ3v) is 5.16. The maximum atomic E-state index is 12.3. The zero-order valence-electron chi connectivity index (χ0n) is 17.7. The summed E-state index contributed by atoms with van der Waals surface area (Å²) >= 11 is 0. The number of ether oxygens (including phenoxy) is 3. The Bertz CT molecular complexity index is 1140. The van der Waals surface area contributed by atoms with E-state index in [1.54, 1.807) is 39.0 Å². The summed E-state index contributed by atoms with van der Waals surface area (Å²) in [6, 6.07) is 12.3. The first kappa shape index (κ1) is 20.3. The predicted octanol–water partition coefficient (Wildman–Crippen LogP) is 2.75. The van der Waals surface area contributed by atoms with Crippen molar-refractivity contribution in [2.75, 3.05) is 26.6 Å². The molecule has 0 spiro atoms. The van der Waals surface area contributed by atoms with Crippen LogP contribution in [0.3, 0.4) is 0 Å². The summed E-state index contributed by atoms with van der Waals surface area (Å²) in [5, 5.41) is 7.84. The zero-order valence-corrected chi connectivity index (χ0v) is 17.7. The lowest BCUT2D eigenvalue weighted by Gasteiger charge is -2.27. The van der Waals surface area contributed by atoms with Crippen LogP contribution in [0.15, 0.2) is 53.7 Å². The molecule has 160 valence electrons. The van der Waals surface area contributed by atoms with Crippen LogP contribution in [0.1, 0.15) is 18.5 Å². The minimum atomic E-state index is -0.534. The Kier molecular flexibility index (Phi) is 5.24. The summed E-state index contributed by atoms with van der Waals surface area (Å²) in [5.41, 5.74) is 8.32. The highest BCUT2D eigenvalue weighted by atomic mass is 16.5. The summed E-state index contributed by atoms with van der Waals surface area (Å²) in [7, 11) is 4.76. The quantitative estimate of drug-likeness (QED) is 0.629. The second-order valence-corrected chi connectivity index (χ2v) is 7.01. The summed E-state index contributed by atoms with van der Waals surface area (Å²) in [5.74, 6) is 2.37. The van der Waals surface area contributed by atoms with Crippen LogP contribution in [-0.4, -0.2) is 42.0 Å². The van der Waals surface area contributed by atoms with Crippen LogP contribution in [0, 0.1) is 0 Å². The third kappa shape index (κ3) is 3.65. The standard InChI is InChI=1S/C22H23N5O4/c1-12-18(20(23)28)19(13-5-7-15(29-2)8-6-13)27-22(24-12)25-21(26-27)14-9-16(30-3)11-17(10-14)31-4/h5-11,19H,1-4H3,(H2,23,28)(H,24,25,26)/t19-/m0/s1. The summed E-state index contributed by atoms with van der Waals surface area (Å²) in [6.07, 6.45) is 0. The lowest BCUT2D eigenvalue weighted by Crippen LogP contribution is -2.31. The molecular formula is C22H23N5O4. The van der Waals surface area contributed by atoms with Gasteiger partial charge in [-0.15, -0.1) is 5.10 Å². The molecule has 31 heavy (non-hydrogen) atoms. The number of carbonyl (C=O) groups excluding carboxylic acids is 1. The van der Waals surface area contributed by atoms with Crippen LogP contribution in [0.4, 0.5) is 5.95 Å². The largest absolute Gasteiger partial charge is 0.497 e. The number of nitrogens with one attached hydrogen (secondary N) is 1. The number of hydrogen-bond donors (Lipinski definition) is 2. The van der Waals surface area contributed by atoms with Gasteiger partial charge in [0.25, 0.3) is 0 Å². The van der Waals surface area contributed by atoms with Crippen LogP contribution in [0.5, 0.6) is 17.2 Å². The third-order valence-electron chi connectivity index (χ3n) is 5.16. The van der Waals surface area contributed by atoms with Crippen molar-refractivity contribution in [2.24, 2.45) is 5.73 Å². The number of carbonyl (C=O) groups is 1. The van der Waals surface area contributed by atoms with Gasteiger partial charge in [-0.2, -0.15) is 4.98 Å². The second-order valence-electron chi connectivity index (χ2n) is 7.01. The predicted molar refractivity (Wildman–Crippen MR) is 115 cm³/mol. The SMILES string of the molecule is COc1ccc([C@H]2C(C(N)=O)=C(C)Nc3nc(-c4cc(OC)cc(OC)c4)nn32)cc1. The maximum Gasteiger partial charge on any atom is 0.248 e. The van der Waals surface area contributed by atoms with Crippen molar-refractivity contribution < 1.29 is 19.0 Å². The van der Waals surface area contributed by atoms with E-state index in [1.165, 1.54) is 0 Å². The van der Waals surface area contributed by atoms with Crippen LogP contribution in [-0.2, 0) is 4.79 Å². The number of anilines is 1. The Morgan fingerprint density at radius 1 is 1.00 bits per heavy atom. The fourth-order valence-electron chi connectivity index (χ4n) is 3.62. The highest BCUT2D eigenvalue weighted by molar-refractivity contribution is 5.95. The molecule has 0 saturated heterocycles. The zero-order chi connectivity index (χ0) is 22.1. The van der Waals surface area contributed by atoms with Gasteiger partial charge in [-0.05, 0) is 36.8 Å². The number of primary amides is 1. The molecule has 0 saturated carbocycles. The molecule has 0 unspecified atom stereocenters. The van der Waals surface area contributed by atoms with E-state index in [4.69, 9.17) is 25.0 Å². The van der Waals surface area contributed by atoms with Crippen molar-refractivity contribution in [1.82, 2.24) is 14.8 Å². The molecule has 1 amide bonds. The van der Waals surface area contributed by atoms with Crippen LogP contribution < -0.4 is 25.3 Å². The number of allylic oxidation sites excluding steroid dienone is 1. The summed E-state index contributed by atoms with van der Waals surface area (Å²) in [6.45, 7) is 1.79. The second kappa shape index (κ2) is 8.02. The van der Waals surface area contributed by atoms with Crippen molar-refractivity contribution >= 4 is 11.9 Å². The normalized spacial score (nSPS) is 15.2. The van der Waals surface area contributed by atoms with Crippen LogP contribution in [0.25, 0.3) is 11.4 Å². The van der Waals surface area contributed by atoms with Gasteiger partial charge in [0.2, 0.25) is 11.9 Å². The van der Waals surface area contributed by atoms with Gasteiger partial charge in [0.05, 0.1) is 26.9 Å². The monoisotopic (exact) mass is 421 g/mol. The average Bonchev–Trinajstić information content (AvgIpc) is 3.21. The number of benzene rings is 2. The van der Waals surface area contributed by atoms with Gasteiger partial charge in [0.15, 0.2) is 5.82 Å². The molecule has 1 aliphatic rings. The van der Waals surface area contributed by atoms with E-state index in [2.05, 4.69) is 10.3 Å². The fraction of sp³-hybridized carbons (Fsp3) is 0.227. The summed E-state index contributed by atoms with van der Waals surface area (Å²) < 4.78 is 17.6. The minimum Gasteiger partial charge on any atom is -0.497 e. The molecule has 9 nitrogen and oxygen atoms in total. The van der Waals surface area contributed by atoms with E-state index < -0.39 is 11.9 Å². The number of methoxy groups -OCH3 is 3. The number of fused-ring (bicyclic) bond motifs is 1. The van der Waals surface area contributed by atoms with Crippen molar-refractivity contribution in [2.45, 2.75) is 13.0 Å². The van der Waals surface area contributed by atoms with Gasteiger partial charge < -0.3 is 25.3 Å². The van der Waals surface area contributed by atoms with Crippen molar-refractivity contribution in [3.8, 4) is 28.6 Å². The number of rotatable bonds is 6. The molecule has 3 aromatic rings. The smallest absolute Gasteiger partial charge is 0.248 e. The molecule has 9 heteroatoms. The van der Waals surface area contributed by atoms with Crippen molar-refractivity contribution in [1.29, 1.82) is 0 Å². The number of nitrogens with zero attached hydrogens (tertiary/aromatic N) is 3. The number of aromatic nitrogens is 3. The molecule has 0 aliphatic carbocycles.